The second-order valence-electron chi connectivity index (χ2n) is 7.39. The molecule has 1 atom stereocenters. The van der Waals surface area contributed by atoms with Crippen LogP contribution in [0.15, 0.2) is 29.3 Å². The zero-order chi connectivity index (χ0) is 18.2. The molecule has 5 nitrogen and oxygen atoms in total. The number of nitrogens with one attached hydrogen (secondary N) is 1. The molecule has 1 aromatic carbocycles. The van der Waals surface area contributed by atoms with Gasteiger partial charge in [0.05, 0.1) is 18.8 Å². The van der Waals surface area contributed by atoms with E-state index in [9.17, 15) is 0 Å². The van der Waals surface area contributed by atoms with Gasteiger partial charge < -0.3 is 19.7 Å². The summed E-state index contributed by atoms with van der Waals surface area (Å²) in [6.07, 6.45) is 6.39. The topological polar surface area (TPSA) is 46.1 Å². The average Bonchev–Trinajstić information content (AvgIpc) is 2.70. The summed E-state index contributed by atoms with van der Waals surface area (Å²) >= 11 is 0. The van der Waals surface area contributed by atoms with Gasteiger partial charge in [-0.05, 0) is 44.6 Å². The monoisotopic (exact) mass is 487 g/mol. The van der Waals surface area contributed by atoms with Crippen LogP contribution in [0.25, 0.3) is 0 Å². The number of ether oxygens (including phenoxy) is 2. The van der Waals surface area contributed by atoms with E-state index in [2.05, 4.69) is 46.4 Å². The number of nitrogens with zero attached hydrogens (tertiary/aromatic N) is 2. The quantitative estimate of drug-likeness (QED) is 0.391. The third kappa shape index (κ3) is 7.23. The molecule has 1 N–H and O–H groups in total. The van der Waals surface area contributed by atoms with Crippen LogP contribution in [0.3, 0.4) is 0 Å². The van der Waals surface area contributed by atoms with Gasteiger partial charge in [0.1, 0.15) is 0 Å². The fourth-order valence-electron chi connectivity index (χ4n) is 3.64. The van der Waals surface area contributed by atoms with Gasteiger partial charge in [0.25, 0.3) is 0 Å². The predicted molar refractivity (Wildman–Crippen MR) is 121 cm³/mol. The average molecular weight is 487 g/mol. The van der Waals surface area contributed by atoms with Crippen LogP contribution < -0.4 is 5.32 Å². The second kappa shape index (κ2) is 11.9. The molecule has 0 amide bonds. The van der Waals surface area contributed by atoms with Gasteiger partial charge in [0.15, 0.2) is 5.96 Å². The molecular weight excluding hydrogens is 453 g/mol. The highest BCUT2D eigenvalue weighted by Gasteiger charge is 2.23. The number of guanidine groups is 1. The van der Waals surface area contributed by atoms with Crippen molar-refractivity contribution in [2.24, 2.45) is 4.99 Å². The van der Waals surface area contributed by atoms with Crippen LogP contribution in [0.5, 0.6) is 0 Å². The van der Waals surface area contributed by atoms with Crippen LogP contribution in [0.4, 0.5) is 0 Å². The molecule has 1 aromatic rings. The zero-order valence-corrected chi connectivity index (χ0v) is 19.0. The summed E-state index contributed by atoms with van der Waals surface area (Å²) in [6, 6.07) is 8.64. The van der Waals surface area contributed by atoms with Crippen molar-refractivity contribution in [3.8, 4) is 0 Å². The molecule has 0 aliphatic carbocycles. The summed E-state index contributed by atoms with van der Waals surface area (Å²) in [5, 5.41) is 3.49. The normalized spacial score (nSPS) is 21.6. The van der Waals surface area contributed by atoms with Crippen LogP contribution in [0, 0.1) is 6.92 Å². The molecule has 2 heterocycles. The van der Waals surface area contributed by atoms with Crippen molar-refractivity contribution in [2.45, 2.75) is 57.8 Å². The molecule has 2 fully saturated rings. The number of aryl methyl sites for hydroxylation is 1. The Balaban J connectivity index is 0.00000261. The van der Waals surface area contributed by atoms with Gasteiger partial charge in [0.2, 0.25) is 0 Å². The summed E-state index contributed by atoms with van der Waals surface area (Å²) in [5.74, 6) is 0.986. The highest BCUT2D eigenvalue weighted by atomic mass is 127. The van der Waals surface area contributed by atoms with Crippen molar-refractivity contribution in [3.05, 3.63) is 35.4 Å². The maximum atomic E-state index is 6.11. The van der Waals surface area contributed by atoms with E-state index in [1.165, 1.54) is 24.0 Å². The van der Waals surface area contributed by atoms with Crippen LogP contribution in [-0.4, -0.2) is 56.4 Å². The minimum atomic E-state index is 0. The number of piperidine rings is 1. The molecule has 2 aliphatic heterocycles. The van der Waals surface area contributed by atoms with Crippen LogP contribution in [0.2, 0.25) is 0 Å². The van der Waals surface area contributed by atoms with E-state index in [0.717, 1.165) is 58.1 Å². The first-order valence-corrected chi connectivity index (χ1v) is 9.99. The number of aliphatic imine (C=N–C) groups is 1. The Morgan fingerprint density at radius 3 is 2.56 bits per heavy atom. The van der Waals surface area contributed by atoms with Gasteiger partial charge in [-0.25, -0.2) is 0 Å². The van der Waals surface area contributed by atoms with Gasteiger partial charge in [-0.15, -0.1) is 24.0 Å². The number of likely N-dealkylation sites (tertiary alicyclic amines) is 1. The Morgan fingerprint density at radius 2 is 1.93 bits per heavy atom. The molecule has 0 spiro atoms. The second-order valence-corrected chi connectivity index (χ2v) is 7.39. The highest BCUT2D eigenvalue weighted by molar-refractivity contribution is 14.0. The van der Waals surface area contributed by atoms with Crippen molar-refractivity contribution in [2.75, 3.05) is 33.4 Å². The fraction of sp³-hybridized carbons (Fsp3) is 0.667. The van der Waals surface area contributed by atoms with Crippen molar-refractivity contribution < 1.29 is 9.47 Å². The van der Waals surface area contributed by atoms with Crippen molar-refractivity contribution >= 4 is 29.9 Å². The first kappa shape index (κ1) is 22.4. The SMILES string of the molecule is CN=C(NCc1ccc(C)cc1)N1CCC(OCC2CCCCO2)CC1.I. The third-order valence-corrected chi connectivity index (χ3v) is 5.32. The molecule has 0 radical (unpaired) electrons. The van der Waals surface area contributed by atoms with Gasteiger partial charge in [-0.1, -0.05) is 29.8 Å². The van der Waals surface area contributed by atoms with E-state index in [1.807, 2.05) is 7.05 Å². The minimum Gasteiger partial charge on any atom is -0.376 e. The fourth-order valence-corrected chi connectivity index (χ4v) is 3.64. The lowest BCUT2D eigenvalue weighted by atomic mass is 10.1. The lowest BCUT2D eigenvalue weighted by Gasteiger charge is -2.35. The van der Waals surface area contributed by atoms with Crippen LogP contribution in [0.1, 0.15) is 43.2 Å². The Morgan fingerprint density at radius 1 is 1.19 bits per heavy atom. The number of rotatable bonds is 5. The van der Waals surface area contributed by atoms with Crippen molar-refractivity contribution in [3.63, 3.8) is 0 Å². The molecule has 1 unspecified atom stereocenters. The Labute approximate surface area is 180 Å². The molecule has 3 rings (SSSR count). The maximum absolute atomic E-state index is 6.11. The van der Waals surface area contributed by atoms with E-state index in [1.54, 1.807) is 0 Å². The lowest BCUT2D eigenvalue weighted by Crippen LogP contribution is -2.47. The largest absolute Gasteiger partial charge is 0.376 e. The number of hydrogen-bond donors (Lipinski definition) is 1. The molecule has 0 bridgehead atoms. The molecule has 0 saturated carbocycles. The predicted octanol–water partition coefficient (Wildman–Crippen LogP) is 3.74. The zero-order valence-electron chi connectivity index (χ0n) is 16.7. The molecule has 2 saturated heterocycles. The van der Waals surface area contributed by atoms with E-state index in [4.69, 9.17) is 9.47 Å². The summed E-state index contributed by atoms with van der Waals surface area (Å²) in [6.45, 7) is 6.55. The van der Waals surface area contributed by atoms with Crippen LogP contribution >= 0.6 is 24.0 Å². The molecule has 0 aromatic heterocycles. The van der Waals surface area contributed by atoms with Gasteiger partial charge >= 0.3 is 0 Å². The highest BCUT2D eigenvalue weighted by Crippen LogP contribution is 2.18. The first-order chi connectivity index (χ1) is 12.7. The van der Waals surface area contributed by atoms with Crippen LogP contribution in [-0.2, 0) is 16.0 Å². The Hall–Kier alpha value is -0.860. The molecule has 152 valence electrons. The Kier molecular flexibility index (Phi) is 9.86. The molecular formula is C21H34IN3O2. The maximum Gasteiger partial charge on any atom is 0.193 e. The minimum absolute atomic E-state index is 0. The van der Waals surface area contributed by atoms with E-state index in [-0.39, 0.29) is 24.0 Å². The summed E-state index contributed by atoms with van der Waals surface area (Å²) in [5.41, 5.74) is 2.57. The number of hydrogen-bond acceptors (Lipinski definition) is 3. The standard InChI is InChI=1S/C21H33N3O2.HI/c1-17-6-8-18(9-7-17)15-23-21(22-2)24-12-10-19(11-13-24)26-16-20-5-3-4-14-25-20;/h6-9,19-20H,3-5,10-16H2,1-2H3,(H,22,23);1H. The lowest BCUT2D eigenvalue weighted by molar-refractivity contribution is -0.0721. The first-order valence-electron chi connectivity index (χ1n) is 9.99. The van der Waals surface area contributed by atoms with Gasteiger partial charge in [-0.2, -0.15) is 0 Å². The molecule has 6 heteroatoms. The van der Waals surface area contributed by atoms with Crippen molar-refractivity contribution in [1.29, 1.82) is 0 Å². The number of halogens is 1. The molecule has 27 heavy (non-hydrogen) atoms. The summed E-state index contributed by atoms with van der Waals surface area (Å²) in [7, 11) is 1.86. The summed E-state index contributed by atoms with van der Waals surface area (Å²) in [4.78, 5) is 6.80. The Bertz CT molecular complexity index is 565. The van der Waals surface area contributed by atoms with Gasteiger partial charge in [0, 0.05) is 33.3 Å². The third-order valence-electron chi connectivity index (χ3n) is 5.32. The summed E-state index contributed by atoms with van der Waals surface area (Å²) < 4.78 is 11.9. The van der Waals surface area contributed by atoms with Crippen molar-refractivity contribution in [1.82, 2.24) is 10.2 Å². The molecule has 2 aliphatic rings. The van der Waals surface area contributed by atoms with E-state index in [0.29, 0.717) is 12.2 Å². The smallest absolute Gasteiger partial charge is 0.193 e. The van der Waals surface area contributed by atoms with E-state index >= 15 is 0 Å². The number of benzene rings is 1. The van der Waals surface area contributed by atoms with E-state index < -0.39 is 0 Å². The van der Waals surface area contributed by atoms with Gasteiger partial charge in [-0.3, -0.25) is 4.99 Å².